The molecule has 2 rings (SSSR count). The first-order valence-corrected chi connectivity index (χ1v) is 10.1. The van der Waals surface area contributed by atoms with Crippen LogP contribution in [0.5, 0.6) is 0 Å². The molecule has 0 saturated carbocycles. The minimum Gasteiger partial charge on any atom is -0.481 e. The van der Waals surface area contributed by atoms with E-state index in [1.54, 1.807) is 11.0 Å². The van der Waals surface area contributed by atoms with E-state index in [0.717, 1.165) is 31.4 Å². The molecule has 8 heteroatoms. The molecule has 1 aliphatic rings. The maximum atomic E-state index is 12.8. The minimum atomic E-state index is -4.45. The summed E-state index contributed by atoms with van der Waals surface area (Å²) in [5.41, 5.74) is -0.493. The number of allylic oxidation sites excluding steroid dienone is 1. The average Bonchev–Trinajstić information content (AvgIpc) is 3.02. The highest BCUT2D eigenvalue weighted by atomic mass is 19.4. The smallest absolute Gasteiger partial charge is 0.416 e. The van der Waals surface area contributed by atoms with E-state index in [1.807, 2.05) is 0 Å². The van der Waals surface area contributed by atoms with E-state index in [2.05, 4.69) is 0 Å². The molecule has 1 aromatic rings. The van der Waals surface area contributed by atoms with Crippen LogP contribution in [0.4, 0.5) is 13.2 Å². The standard InChI is InChI=1S/C22H26F3NO4/c23-22(24,25)17-7-5-6-16(14-17)15-19(27)11-9-18-10-12-20(28)26(18)13-4-2-1-3-8-21(29)30/h5-7,9,11,14,18H,1-4,8,10,12-13,15H2,(H,29,30)/b11-9+. The number of alkyl halides is 3. The molecule has 164 valence electrons. The van der Waals surface area contributed by atoms with Gasteiger partial charge in [0.25, 0.3) is 0 Å². The molecule has 0 spiro atoms. The molecule has 1 aliphatic heterocycles. The molecule has 0 radical (unpaired) electrons. The number of hydrogen-bond acceptors (Lipinski definition) is 3. The Kier molecular flexibility index (Phi) is 8.62. The van der Waals surface area contributed by atoms with Crippen LogP contribution >= 0.6 is 0 Å². The van der Waals surface area contributed by atoms with Gasteiger partial charge in [0.15, 0.2) is 5.78 Å². The molecule has 1 N–H and O–H groups in total. The first kappa shape index (κ1) is 23.6. The van der Waals surface area contributed by atoms with Crippen LogP contribution in [-0.2, 0) is 27.0 Å². The van der Waals surface area contributed by atoms with Crippen LogP contribution < -0.4 is 0 Å². The number of benzene rings is 1. The van der Waals surface area contributed by atoms with Crippen molar-refractivity contribution in [2.45, 2.75) is 63.6 Å². The topological polar surface area (TPSA) is 74.7 Å². The number of amides is 1. The van der Waals surface area contributed by atoms with Gasteiger partial charge in [0.1, 0.15) is 0 Å². The van der Waals surface area contributed by atoms with Crippen molar-refractivity contribution in [2.75, 3.05) is 6.54 Å². The third-order valence-electron chi connectivity index (χ3n) is 5.05. The maximum Gasteiger partial charge on any atom is 0.416 e. The summed E-state index contributed by atoms with van der Waals surface area (Å²) in [5.74, 6) is -1.12. The van der Waals surface area contributed by atoms with Gasteiger partial charge in [-0.15, -0.1) is 0 Å². The van der Waals surface area contributed by atoms with Gasteiger partial charge in [-0.3, -0.25) is 14.4 Å². The van der Waals surface area contributed by atoms with E-state index in [9.17, 15) is 27.6 Å². The fourth-order valence-electron chi connectivity index (χ4n) is 3.49. The Morgan fingerprint density at radius 1 is 1.17 bits per heavy atom. The second-order valence-corrected chi connectivity index (χ2v) is 7.45. The molecule has 1 fully saturated rings. The molecule has 1 heterocycles. The molecule has 1 atom stereocenters. The number of halogens is 3. The summed E-state index contributed by atoms with van der Waals surface area (Å²) < 4.78 is 38.3. The maximum absolute atomic E-state index is 12.8. The monoisotopic (exact) mass is 425 g/mol. The SMILES string of the molecule is O=C(O)CCCCCCN1C(=O)CCC1/C=C/C(=O)Cc1cccc(C(F)(F)F)c1. The number of carboxylic acids is 1. The summed E-state index contributed by atoms with van der Waals surface area (Å²) >= 11 is 0. The number of aliphatic carboxylic acids is 1. The molecule has 30 heavy (non-hydrogen) atoms. The van der Waals surface area contributed by atoms with E-state index in [1.165, 1.54) is 18.2 Å². The van der Waals surface area contributed by atoms with Gasteiger partial charge < -0.3 is 10.0 Å². The zero-order chi connectivity index (χ0) is 22.1. The number of carbonyl (C=O) groups is 3. The Bertz CT molecular complexity index is 789. The van der Waals surface area contributed by atoms with Crippen LogP contribution in [0, 0.1) is 0 Å². The van der Waals surface area contributed by atoms with Crippen molar-refractivity contribution in [3.8, 4) is 0 Å². The van der Waals surface area contributed by atoms with Gasteiger partial charge in [-0.1, -0.05) is 37.1 Å². The lowest BCUT2D eigenvalue weighted by atomic mass is 10.0. The molecule has 1 saturated heterocycles. The Morgan fingerprint density at radius 2 is 1.90 bits per heavy atom. The van der Waals surface area contributed by atoms with Crippen LogP contribution in [0.2, 0.25) is 0 Å². The Morgan fingerprint density at radius 3 is 2.60 bits per heavy atom. The van der Waals surface area contributed by atoms with Crippen LogP contribution in [0.1, 0.15) is 56.1 Å². The highest BCUT2D eigenvalue weighted by Crippen LogP contribution is 2.29. The summed E-state index contributed by atoms with van der Waals surface area (Å²) in [7, 11) is 0. The third-order valence-corrected chi connectivity index (χ3v) is 5.05. The Labute approximate surface area is 173 Å². The van der Waals surface area contributed by atoms with E-state index in [-0.39, 0.29) is 30.6 Å². The fourth-order valence-corrected chi connectivity index (χ4v) is 3.49. The lowest BCUT2D eigenvalue weighted by molar-refractivity contribution is -0.138. The van der Waals surface area contributed by atoms with Crippen LogP contribution in [0.25, 0.3) is 0 Å². The first-order valence-electron chi connectivity index (χ1n) is 10.1. The van der Waals surface area contributed by atoms with Gasteiger partial charge in [0.2, 0.25) is 5.91 Å². The van der Waals surface area contributed by atoms with E-state index >= 15 is 0 Å². The second-order valence-electron chi connectivity index (χ2n) is 7.45. The van der Waals surface area contributed by atoms with Crippen molar-refractivity contribution < 1.29 is 32.7 Å². The van der Waals surface area contributed by atoms with Gasteiger partial charge in [0.05, 0.1) is 11.6 Å². The van der Waals surface area contributed by atoms with E-state index in [4.69, 9.17) is 5.11 Å². The van der Waals surface area contributed by atoms with Crippen LogP contribution in [0.3, 0.4) is 0 Å². The minimum absolute atomic E-state index is 0.0144. The Hall–Kier alpha value is -2.64. The number of carboxylic acid groups (broad SMARTS) is 1. The van der Waals surface area contributed by atoms with Crippen molar-refractivity contribution in [2.24, 2.45) is 0 Å². The number of nitrogens with zero attached hydrogens (tertiary/aromatic N) is 1. The molecular formula is C22H26F3NO4. The Balaban J connectivity index is 1.84. The van der Waals surface area contributed by atoms with Crippen molar-refractivity contribution in [3.05, 3.63) is 47.5 Å². The predicted octanol–water partition coefficient (Wildman–Crippen LogP) is 4.40. The summed E-state index contributed by atoms with van der Waals surface area (Å²) in [6, 6.07) is 4.51. The average molecular weight is 425 g/mol. The van der Waals surface area contributed by atoms with Crippen molar-refractivity contribution in [3.63, 3.8) is 0 Å². The number of rotatable bonds is 11. The molecule has 0 aliphatic carbocycles. The normalized spacial score (nSPS) is 17.1. The molecule has 0 bridgehead atoms. The van der Waals surface area contributed by atoms with Gasteiger partial charge in [0, 0.05) is 25.8 Å². The van der Waals surface area contributed by atoms with Gasteiger partial charge in [-0.25, -0.2) is 0 Å². The zero-order valence-corrected chi connectivity index (χ0v) is 16.7. The van der Waals surface area contributed by atoms with E-state index < -0.39 is 17.7 Å². The number of unbranched alkanes of at least 4 members (excludes halogenated alkanes) is 3. The summed E-state index contributed by atoms with van der Waals surface area (Å²) in [5, 5.41) is 8.62. The molecule has 1 amide bonds. The molecule has 5 nitrogen and oxygen atoms in total. The van der Waals surface area contributed by atoms with Crippen molar-refractivity contribution in [1.82, 2.24) is 4.90 Å². The molecular weight excluding hydrogens is 399 g/mol. The predicted molar refractivity (Wildman–Crippen MR) is 105 cm³/mol. The van der Waals surface area contributed by atoms with Crippen LogP contribution in [0.15, 0.2) is 36.4 Å². The zero-order valence-electron chi connectivity index (χ0n) is 16.7. The van der Waals surface area contributed by atoms with Gasteiger partial charge >= 0.3 is 12.1 Å². The molecule has 1 aromatic carbocycles. The second kappa shape index (κ2) is 10.9. The summed E-state index contributed by atoms with van der Waals surface area (Å²) in [6.45, 7) is 0.544. The van der Waals surface area contributed by atoms with E-state index in [0.29, 0.717) is 31.4 Å². The highest BCUT2D eigenvalue weighted by Gasteiger charge is 2.30. The van der Waals surface area contributed by atoms with Gasteiger partial charge in [-0.2, -0.15) is 13.2 Å². The quantitative estimate of drug-likeness (QED) is 0.421. The van der Waals surface area contributed by atoms with Crippen molar-refractivity contribution >= 4 is 17.7 Å². The number of likely N-dealkylation sites (tertiary alicyclic amines) is 1. The van der Waals surface area contributed by atoms with Crippen molar-refractivity contribution in [1.29, 1.82) is 0 Å². The van der Waals surface area contributed by atoms with Gasteiger partial charge in [-0.05, 0) is 37.0 Å². The summed E-state index contributed by atoms with van der Waals surface area (Å²) in [6.07, 6.45) is 2.53. The first-order chi connectivity index (χ1) is 14.2. The summed E-state index contributed by atoms with van der Waals surface area (Å²) in [4.78, 5) is 36.5. The number of carbonyl (C=O) groups excluding carboxylic acids is 2. The lowest BCUT2D eigenvalue weighted by Crippen LogP contribution is -2.32. The fraction of sp³-hybridized carbons (Fsp3) is 0.500. The lowest BCUT2D eigenvalue weighted by Gasteiger charge is -2.22. The highest BCUT2D eigenvalue weighted by molar-refractivity contribution is 5.91. The number of hydrogen-bond donors (Lipinski definition) is 1. The molecule has 0 aromatic heterocycles. The molecule has 1 unspecified atom stereocenters. The third kappa shape index (κ3) is 7.65. The largest absolute Gasteiger partial charge is 0.481 e. The van der Waals surface area contributed by atoms with Crippen LogP contribution in [-0.4, -0.2) is 40.3 Å². The number of ketones is 1.